The minimum Gasteiger partial charge on any atom is -0.480 e. The maximum absolute atomic E-state index is 10.5. The fourth-order valence-corrected chi connectivity index (χ4v) is 0.902. The van der Waals surface area contributed by atoms with Crippen LogP contribution in [-0.2, 0) is 11.3 Å². The van der Waals surface area contributed by atoms with Gasteiger partial charge >= 0.3 is 5.97 Å². The summed E-state index contributed by atoms with van der Waals surface area (Å²) >= 11 is 0. The van der Waals surface area contributed by atoms with Gasteiger partial charge in [-0.2, -0.15) is 4.98 Å². The summed E-state index contributed by atoms with van der Waals surface area (Å²) in [7, 11) is 0. The molecule has 0 aliphatic rings. The lowest BCUT2D eigenvalue weighted by atomic mass is 10.2. The summed E-state index contributed by atoms with van der Waals surface area (Å²) < 4.78 is 4.94. The molecule has 0 spiro atoms. The molecule has 1 aromatic rings. The Bertz CT molecular complexity index is 335. The van der Waals surface area contributed by atoms with Crippen molar-refractivity contribution in [1.82, 2.24) is 15.5 Å². The molecule has 6 heteroatoms. The SMILES string of the molecule is CC(C)c1noc(CN[C@@H](C)C(=O)O)n1. The number of carboxylic acids is 1. The van der Waals surface area contributed by atoms with Crippen LogP contribution in [0, 0.1) is 0 Å². The van der Waals surface area contributed by atoms with Crippen molar-refractivity contribution < 1.29 is 14.4 Å². The van der Waals surface area contributed by atoms with Crippen LogP contribution in [0.25, 0.3) is 0 Å². The number of carbonyl (C=O) groups is 1. The van der Waals surface area contributed by atoms with Crippen molar-refractivity contribution in [3.8, 4) is 0 Å². The van der Waals surface area contributed by atoms with Crippen LogP contribution in [0.4, 0.5) is 0 Å². The lowest BCUT2D eigenvalue weighted by molar-refractivity contribution is -0.139. The van der Waals surface area contributed by atoms with Crippen molar-refractivity contribution in [2.75, 3.05) is 0 Å². The van der Waals surface area contributed by atoms with Gasteiger partial charge in [-0.15, -0.1) is 0 Å². The minimum atomic E-state index is -0.904. The predicted octanol–water partition coefficient (Wildman–Crippen LogP) is 0.756. The molecule has 6 nitrogen and oxygen atoms in total. The van der Waals surface area contributed by atoms with Gasteiger partial charge in [0.25, 0.3) is 0 Å². The van der Waals surface area contributed by atoms with Crippen molar-refractivity contribution in [2.24, 2.45) is 0 Å². The van der Waals surface area contributed by atoms with Gasteiger partial charge < -0.3 is 9.63 Å². The predicted molar refractivity (Wildman–Crippen MR) is 52.3 cm³/mol. The lowest BCUT2D eigenvalue weighted by Crippen LogP contribution is -2.33. The molecule has 2 N–H and O–H groups in total. The van der Waals surface area contributed by atoms with Gasteiger partial charge in [-0.1, -0.05) is 19.0 Å². The Morgan fingerprint density at radius 1 is 1.53 bits per heavy atom. The molecule has 1 rings (SSSR count). The molecule has 0 saturated carbocycles. The first-order valence-corrected chi connectivity index (χ1v) is 4.79. The van der Waals surface area contributed by atoms with Gasteiger partial charge in [0.2, 0.25) is 5.89 Å². The van der Waals surface area contributed by atoms with E-state index in [1.807, 2.05) is 13.8 Å². The van der Waals surface area contributed by atoms with Gasteiger partial charge in [0.05, 0.1) is 6.54 Å². The number of rotatable bonds is 5. The van der Waals surface area contributed by atoms with Crippen LogP contribution in [0.15, 0.2) is 4.52 Å². The highest BCUT2D eigenvalue weighted by Gasteiger charge is 2.13. The standard InChI is InChI=1S/C9H15N3O3/c1-5(2)8-11-7(15-12-8)4-10-6(3)9(13)14/h5-6,10H,4H2,1-3H3,(H,13,14)/t6-/m0/s1. The topological polar surface area (TPSA) is 88.2 Å². The van der Waals surface area contributed by atoms with E-state index in [9.17, 15) is 4.79 Å². The quantitative estimate of drug-likeness (QED) is 0.750. The highest BCUT2D eigenvalue weighted by Crippen LogP contribution is 2.09. The van der Waals surface area contributed by atoms with E-state index in [-0.39, 0.29) is 12.5 Å². The van der Waals surface area contributed by atoms with E-state index in [0.29, 0.717) is 11.7 Å². The molecule has 0 saturated heterocycles. The van der Waals surface area contributed by atoms with E-state index in [1.165, 1.54) is 0 Å². The van der Waals surface area contributed by atoms with E-state index in [1.54, 1.807) is 6.92 Å². The molecule has 0 aromatic carbocycles. The Balaban J connectivity index is 2.47. The summed E-state index contributed by atoms with van der Waals surface area (Å²) in [6.45, 7) is 5.75. The highest BCUT2D eigenvalue weighted by molar-refractivity contribution is 5.72. The second kappa shape index (κ2) is 4.88. The average molecular weight is 213 g/mol. The zero-order chi connectivity index (χ0) is 11.4. The number of hydrogen-bond acceptors (Lipinski definition) is 5. The zero-order valence-electron chi connectivity index (χ0n) is 9.02. The smallest absolute Gasteiger partial charge is 0.320 e. The Labute approximate surface area is 87.7 Å². The molecule has 84 valence electrons. The third-order valence-corrected chi connectivity index (χ3v) is 1.93. The molecule has 0 fully saturated rings. The van der Waals surface area contributed by atoms with Gasteiger partial charge in [-0.25, -0.2) is 0 Å². The number of nitrogens with one attached hydrogen (secondary N) is 1. The fraction of sp³-hybridized carbons (Fsp3) is 0.667. The number of aliphatic carboxylic acids is 1. The Morgan fingerprint density at radius 2 is 2.20 bits per heavy atom. The fourth-order valence-electron chi connectivity index (χ4n) is 0.902. The van der Waals surface area contributed by atoms with Crippen LogP contribution in [0.5, 0.6) is 0 Å². The third kappa shape index (κ3) is 3.32. The summed E-state index contributed by atoms with van der Waals surface area (Å²) in [6.07, 6.45) is 0. The second-order valence-corrected chi connectivity index (χ2v) is 3.64. The van der Waals surface area contributed by atoms with Gasteiger partial charge in [-0.05, 0) is 6.92 Å². The largest absolute Gasteiger partial charge is 0.480 e. The molecule has 0 bridgehead atoms. The summed E-state index contributed by atoms with van der Waals surface area (Å²) in [4.78, 5) is 14.6. The Morgan fingerprint density at radius 3 is 2.67 bits per heavy atom. The van der Waals surface area contributed by atoms with E-state index in [2.05, 4.69) is 15.5 Å². The summed E-state index contributed by atoms with van der Waals surface area (Å²) in [5.74, 6) is 0.347. The molecule has 1 heterocycles. The molecule has 15 heavy (non-hydrogen) atoms. The molecular formula is C9H15N3O3. The molecule has 0 amide bonds. The zero-order valence-corrected chi connectivity index (χ0v) is 9.02. The first kappa shape index (κ1) is 11.6. The number of aromatic nitrogens is 2. The number of hydrogen-bond donors (Lipinski definition) is 2. The van der Waals surface area contributed by atoms with Crippen LogP contribution in [0.1, 0.15) is 38.4 Å². The van der Waals surface area contributed by atoms with Crippen LogP contribution >= 0.6 is 0 Å². The van der Waals surface area contributed by atoms with E-state index >= 15 is 0 Å². The molecule has 1 aromatic heterocycles. The van der Waals surface area contributed by atoms with Crippen LogP contribution in [0.2, 0.25) is 0 Å². The van der Waals surface area contributed by atoms with Crippen LogP contribution in [0.3, 0.4) is 0 Å². The summed E-state index contributed by atoms with van der Waals surface area (Å²) in [5.41, 5.74) is 0. The number of carboxylic acid groups (broad SMARTS) is 1. The van der Waals surface area contributed by atoms with Gasteiger partial charge in [0, 0.05) is 5.92 Å². The maximum Gasteiger partial charge on any atom is 0.320 e. The van der Waals surface area contributed by atoms with E-state index in [4.69, 9.17) is 9.63 Å². The van der Waals surface area contributed by atoms with Crippen LogP contribution < -0.4 is 5.32 Å². The highest BCUT2D eigenvalue weighted by atomic mass is 16.5. The number of nitrogens with zero attached hydrogens (tertiary/aromatic N) is 2. The summed E-state index contributed by atoms with van der Waals surface area (Å²) in [5, 5.41) is 15.1. The molecule has 0 aliphatic carbocycles. The first-order valence-electron chi connectivity index (χ1n) is 4.79. The maximum atomic E-state index is 10.5. The second-order valence-electron chi connectivity index (χ2n) is 3.64. The van der Waals surface area contributed by atoms with E-state index < -0.39 is 12.0 Å². The molecule has 0 aliphatic heterocycles. The van der Waals surface area contributed by atoms with Crippen molar-refractivity contribution in [3.05, 3.63) is 11.7 Å². The van der Waals surface area contributed by atoms with Crippen molar-refractivity contribution in [3.63, 3.8) is 0 Å². The van der Waals surface area contributed by atoms with Gasteiger partial charge in [-0.3, -0.25) is 10.1 Å². The normalized spacial score (nSPS) is 13.1. The van der Waals surface area contributed by atoms with Crippen molar-refractivity contribution in [1.29, 1.82) is 0 Å². The molecule has 1 atom stereocenters. The monoisotopic (exact) mass is 213 g/mol. The molecular weight excluding hydrogens is 198 g/mol. The van der Waals surface area contributed by atoms with Crippen molar-refractivity contribution >= 4 is 5.97 Å². The van der Waals surface area contributed by atoms with E-state index in [0.717, 1.165) is 0 Å². The minimum absolute atomic E-state index is 0.208. The van der Waals surface area contributed by atoms with Gasteiger partial charge in [0.1, 0.15) is 6.04 Å². The van der Waals surface area contributed by atoms with Crippen molar-refractivity contribution in [2.45, 2.75) is 39.3 Å². The lowest BCUT2D eigenvalue weighted by Gasteiger charge is -2.05. The molecule has 0 radical (unpaired) electrons. The third-order valence-electron chi connectivity index (χ3n) is 1.93. The average Bonchev–Trinajstić information content (AvgIpc) is 2.62. The Kier molecular flexibility index (Phi) is 3.79. The summed E-state index contributed by atoms with van der Waals surface area (Å²) in [6, 6.07) is -0.626. The molecule has 0 unspecified atom stereocenters. The Hall–Kier alpha value is -1.43. The van der Waals surface area contributed by atoms with Crippen LogP contribution in [-0.4, -0.2) is 27.3 Å². The van der Waals surface area contributed by atoms with Gasteiger partial charge in [0.15, 0.2) is 5.82 Å². The first-order chi connectivity index (χ1) is 7.00.